The predicted octanol–water partition coefficient (Wildman–Crippen LogP) is 5.85. The summed E-state index contributed by atoms with van der Waals surface area (Å²) < 4.78 is 12.8. The van der Waals surface area contributed by atoms with Gasteiger partial charge in [-0.05, 0) is 51.5 Å². The number of carbonyl (C=O) groups is 2. The van der Waals surface area contributed by atoms with Crippen molar-refractivity contribution in [2.45, 2.75) is 39.0 Å². The Morgan fingerprint density at radius 2 is 2.00 bits per heavy atom. The van der Waals surface area contributed by atoms with E-state index in [1.807, 2.05) is 20.8 Å². The molecule has 12 heteroatoms. The number of hydrogen-bond acceptors (Lipinski definition) is 8. The average Bonchev–Trinajstić information content (AvgIpc) is 3.27. The van der Waals surface area contributed by atoms with Crippen LogP contribution in [0.4, 0.5) is 5.00 Å². The Morgan fingerprint density at radius 3 is 2.68 bits per heavy atom. The molecule has 0 radical (unpaired) electrons. The van der Waals surface area contributed by atoms with Crippen LogP contribution in [0.2, 0.25) is 10.0 Å². The van der Waals surface area contributed by atoms with Gasteiger partial charge in [0.2, 0.25) is 5.91 Å². The number of aromatic nitrogens is 3. The molecule has 1 aromatic carbocycles. The number of anilines is 1. The van der Waals surface area contributed by atoms with Gasteiger partial charge in [-0.25, -0.2) is 4.79 Å². The highest BCUT2D eigenvalue weighted by Crippen LogP contribution is 2.34. The Labute approximate surface area is 215 Å². The van der Waals surface area contributed by atoms with Gasteiger partial charge in [0.05, 0.1) is 22.9 Å². The van der Waals surface area contributed by atoms with Crippen molar-refractivity contribution in [3.05, 3.63) is 50.1 Å². The van der Waals surface area contributed by atoms with Crippen molar-refractivity contribution in [2.75, 3.05) is 17.7 Å². The van der Waals surface area contributed by atoms with Gasteiger partial charge in [0.25, 0.3) is 0 Å². The van der Waals surface area contributed by atoms with Gasteiger partial charge in [0, 0.05) is 16.9 Å². The molecule has 0 aliphatic heterocycles. The van der Waals surface area contributed by atoms with Crippen LogP contribution in [0.5, 0.6) is 5.75 Å². The fourth-order valence-electron chi connectivity index (χ4n) is 3.08. The molecule has 0 saturated heterocycles. The number of thiophene rings is 1. The maximum absolute atomic E-state index is 12.6. The number of aryl methyl sites for hydroxylation is 1. The summed E-state index contributed by atoms with van der Waals surface area (Å²) in [4.78, 5) is 25.9. The van der Waals surface area contributed by atoms with E-state index in [1.165, 1.54) is 23.1 Å². The SMILES string of the molecule is CCOC(=O)c1c(NC(=O)CSc2nnc(C(C)Oc3ccc(Cl)cc3Cl)n2C)sc(C)c1C. The van der Waals surface area contributed by atoms with E-state index in [4.69, 9.17) is 32.7 Å². The number of carbonyl (C=O) groups excluding carboxylic acids is 2. The van der Waals surface area contributed by atoms with Gasteiger partial charge in [-0.3, -0.25) is 4.79 Å². The van der Waals surface area contributed by atoms with Gasteiger partial charge in [0.15, 0.2) is 17.1 Å². The zero-order valence-electron chi connectivity index (χ0n) is 19.3. The smallest absolute Gasteiger partial charge is 0.341 e. The molecule has 2 aromatic heterocycles. The van der Waals surface area contributed by atoms with Gasteiger partial charge in [-0.2, -0.15) is 0 Å². The van der Waals surface area contributed by atoms with E-state index in [0.717, 1.165) is 10.4 Å². The van der Waals surface area contributed by atoms with Crippen molar-refractivity contribution < 1.29 is 19.1 Å². The first kappa shape index (κ1) is 26.3. The molecule has 2 heterocycles. The van der Waals surface area contributed by atoms with Gasteiger partial charge < -0.3 is 19.4 Å². The lowest BCUT2D eigenvalue weighted by molar-refractivity contribution is -0.113. The van der Waals surface area contributed by atoms with Crippen LogP contribution in [0.3, 0.4) is 0 Å². The number of ether oxygens (including phenoxy) is 2. The number of benzene rings is 1. The zero-order chi connectivity index (χ0) is 25.0. The van der Waals surface area contributed by atoms with Crippen molar-refractivity contribution in [3.63, 3.8) is 0 Å². The first-order valence-electron chi connectivity index (χ1n) is 10.3. The van der Waals surface area contributed by atoms with Gasteiger partial charge in [-0.1, -0.05) is 35.0 Å². The maximum atomic E-state index is 12.6. The lowest BCUT2D eigenvalue weighted by atomic mass is 10.1. The summed E-state index contributed by atoms with van der Waals surface area (Å²) in [5.74, 6) is 0.429. The largest absolute Gasteiger partial charge is 0.481 e. The van der Waals surface area contributed by atoms with E-state index in [-0.39, 0.29) is 18.3 Å². The molecule has 1 N–H and O–H groups in total. The minimum atomic E-state index is -0.444. The highest BCUT2D eigenvalue weighted by atomic mass is 35.5. The molecule has 0 aliphatic carbocycles. The lowest BCUT2D eigenvalue weighted by Gasteiger charge is -2.15. The number of hydrogen-bond donors (Lipinski definition) is 1. The van der Waals surface area contributed by atoms with Crippen molar-refractivity contribution in [3.8, 4) is 5.75 Å². The summed E-state index contributed by atoms with van der Waals surface area (Å²) in [6.45, 7) is 7.57. The van der Waals surface area contributed by atoms with Crippen molar-refractivity contribution in [1.29, 1.82) is 0 Å². The van der Waals surface area contributed by atoms with Crippen LogP contribution < -0.4 is 10.1 Å². The number of nitrogens with zero attached hydrogens (tertiary/aromatic N) is 3. The summed E-state index contributed by atoms with van der Waals surface area (Å²) in [5, 5.41) is 13.1. The standard InChI is InChI=1S/C22H24Cl2N4O4S2/c1-6-31-21(30)18-11(2)13(4)34-20(18)25-17(29)10-33-22-27-26-19(28(22)5)12(3)32-16-8-7-14(23)9-15(16)24/h7-9,12H,6,10H2,1-5H3,(H,25,29). The third-order valence-corrected chi connectivity index (χ3v) is 7.55. The first-order chi connectivity index (χ1) is 16.1. The highest BCUT2D eigenvalue weighted by molar-refractivity contribution is 7.99. The highest BCUT2D eigenvalue weighted by Gasteiger charge is 2.23. The quantitative estimate of drug-likeness (QED) is 0.267. The maximum Gasteiger partial charge on any atom is 0.341 e. The van der Waals surface area contributed by atoms with Crippen molar-refractivity contribution in [2.24, 2.45) is 7.05 Å². The van der Waals surface area contributed by atoms with Gasteiger partial charge >= 0.3 is 5.97 Å². The van der Waals surface area contributed by atoms with E-state index in [1.54, 1.807) is 36.7 Å². The Balaban J connectivity index is 1.64. The normalized spacial score (nSPS) is 11.9. The molecule has 34 heavy (non-hydrogen) atoms. The van der Waals surface area contributed by atoms with Crippen LogP contribution >= 0.6 is 46.3 Å². The van der Waals surface area contributed by atoms with Crippen LogP contribution in [0.15, 0.2) is 23.4 Å². The Kier molecular flexibility index (Phi) is 8.86. The van der Waals surface area contributed by atoms with Crippen LogP contribution in [0, 0.1) is 13.8 Å². The minimum Gasteiger partial charge on any atom is -0.481 e. The molecule has 0 saturated carbocycles. The molecule has 0 spiro atoms. The minimum absolute atomic E-state index is 0.0858. The predicted molar refractivity (Wildman–Crippen MR) is 136 cm³/mol. The summed E-state index contributed by atoms with van der Waals surface area (Å²) >= 11 is 14.7. The molecule has 8 nitrogen and oxygen atoms in total. The second kappa shape index (κ2) is 11.4. The van der Waals surface area contributed by atoms with Crippen LogP contribution in [0.25, 0.3) is 0 Å². The molecule has 182 valence electrons. The lowest BCUT2D eigenvalue weighted by Crippen LogP contribution is -2.17. The summed E-state index contributed by atoms with van der Waals surface area (Å²) in [6.07, 6.45) is -0.441. The van der Waals surface area contributed by atoms with Gasteiger partial charge in [-0.15, -0.1) is 21.5 Å². The second-order valence-corrected chi connectivity index (χ2v) is 10.3. The van der Waals surface area contributed by atoms with Gasteiger partial charge in [0.1, 0.15) is 10.8 Å². The Morgan fingerprint density at radius 1 is 1.26 bits per heavy atom. The van der Waals surface area contributed by atoms with E-state index in [2.05, 4.69) is 15.5 Å². The molecule has 0 bridgehead atoms. The fourth-order valence-corrected chi connectivity index (χ4v) is 5.31. The fraction of sp³-hybridized carbons (Fsp3) is 0.364. The summed E-state index contributed by atoms with van der Waals surface area (Å²) in [5.41, 5.74) is 1.20. The molecule has 3 rings (SSSR count). The zero-order valence-corrected chi connectivity index (χ0v) is 22.4. The summed E-state index contributed by atoms with van der Waals surface area (Å²) in [7, 11) is 1.80. The number of rotatable bonds is 9. The summed E-state index contributed by atoms with van der Waals surface area (Å²) in [6, 6.07) is 4.98. The molecule has 1 amide bonds. The number of nitrogens with one attached hydrogen (secondary N) is 1. The third kappa shape index (κ3) is 6.04. The van der Waals surface area contributed by atoms with E-state index in [0.29, 0.717) is 37.3 Å². The Bertz CT molecular complexity index is 1210. The molecule has 0 fully saturated rings. The molecule has 1 atom stereocenters. The molecule has 0 aliphatic rings. The molecule has 1 unspecified atom stereocenters. The molecule has 3 aromatic rings. The number of esters is 1. The van der Waals surface area contributed by atoms with Crippen LogP contribution in [0.1, 0.15) is 46.6 Å². The van der Waals surface area contributed by atoms with E-state index in [9.17, 15) is 9.59 Å². The second-order valence-electron chi connectivity index (χ2n) is 7.28. The number of thioether (sulfide) groups is 1. The number of amides is 1. The topological polar surface area (TPSA) is 95.3 Å². The van der Waals surface area contributed by atoms with E-state index >= 15 is 0 Å². The van der Waals surface area contributed by atoms with Crippen molar-refractivity contribution >= 4 is 63.2 Å². The van der Waals surface area contributed by atoms with Crippen LogP contribution in [-0.2, 0) is 16.6 Å². The third-order valence-electron chi connectivity index (χ3n) is 4.88. The monoisotopic (exact) mass is 542 g/mol. The molecular formula is C22H24Cl2N4O4S2. The van der Waals surface area contributed by atoms with Crippen molar-refractivity contribution in [1.82, 2.24) is 14.8 Å². The van der Waals surface area contributed by atoms with E-state index < -0.39 is 12.1 Å². The Hall–Kier alpha value is -2.27. The first-order valence-corrected chi connectivity index (χ1v) is 12.9. The van der Waals surface area contributed by atoms with Crippen LogP contribution in [-0.4, -0.2) is 39.0 Å². The number of halogens is 2. The average molecular weight is 543 g/mol. The molecular weight excluding hydrogens is 519 g/mol.